The number of carbonyl (C=O) groups excluding carboxylic acids is 2. The average molecular weight is 473 g/mol. The predicted molar refractivity (Wildman–Crippen MR) is 118 cm³/mol. The Morgan fingerprint density at radius 2 is 1.83 bits per heavy atom. The van der Waals surface area contributed by atoms with E-state index in [1.807, 2.05) is 20.8 Å². The van der Waals surface area contributed by atoms with Crippen molar-refractivity contribution < 1.29 is 19.1 Å². The lowest BCUT2D eigenvalue weighted by Gasteiger charge is -2.23. The zero-order chi connectivity index (χ0) is 22.1. The van der Waals surface area contributed by atoms with Crippen LogP contribution in [0.5, 0.6) is 5.75 Å². The molecule has 3 aromatic rings. The number of hydrogen-bond donors (Lipinski definition) is 2. The average Bonchev–Trinajstić information content (AvgIpc) is 2.69. The first-order chi connectivity index (χ1) is 14.1. The van der Waals surface area contributed by atoms with E-state index in [1.165, 1.54) is 19.4 Å². The Morgan fingerprint density at radius 3 is 2.50 bits per heavy atom. The molecule has 8 heteroatoms. The number of pyridine rings is 1. The second-order valence-electron chi connectivity index (χ2n) is 7.67. The van der Waals surface area contributed by atoms with Gasteiger partial charge in [0.25, 0.3) is 5.91 Å². The molecule has 7 nitrogen and oxygen atoms in total. The first kappa shape index (κ1) is 21.6. The molecule has 30 heavy (non-hydrogen) atoms. The number of amides is 1. The number of aromatic nitrogens is 1. The van der Waals surface area contributed by atoms with E-state index in [1.54, 1.807) is 30.3 Å². The Labute approximate surface area is 181 Å². The summed E-state index contributed by atoms with van der Waals surface area (Å²) in [5.74, 6) is -0.337. The molecular weight excluding hydrogens is 452 g/mol. The van der Waals surface area contributed by atoms with Crippen LogP contribution in [0, 0.1) is 0 Å². The van der Waals surface area contributed by atoms with Crippen molar-refractivity contribution in [2.45, 2.75) is 26.2 Å². The SMILES string of the molecule is COC(=O)Oc1cc(NC(=O)c2c[nH]c3ccccc3c2=O)c(Br)cc1C(C)(C)C. The van der Waals surface area contributed by atoms with Crippen LogP contribution in [0.4, 0.5) is 10.5 Å². The third kappa shape index (κ3) is 4.38. The highest BCUT2D eigenvalue weighted by atomic mass is 79.9. The fraction of sp³-hybridized carbons (Fsp3) is 0.227. The summed E-state index contributed by atoms with van der Waals surface area (Å²) in [6.07, 6.45) is 0.509. The number of H-pyrrole nitrogens is 1. The van der Waals surface area contributed by atoms with Crippen molar-refractivity contribution in [2.75, 3.05) is 12.4 Å². The molecule has 0 radical (unpaired) electrons. The second-order valence-corrected chi connectivity index (χ2v) is 8.52. The minimum absolute atomic E-state index is 0.0315. The van der Waals surface area contributed by atoms with Crippen molar-refractivity contribution in [1.82, 2.24) is 4.98 Å². The van der Waals surface area contributed by atoms with Gasteiger partial charge in [0.2, 0.25) is 5.43 Å². The van der Waals surface area contributed by atoms with Crippen molar-refractivity contribution in [2.24, 2.45) is 0 Å². The maximum absolute atomic E-state index is 12.8. The number of aromatic amines is 1. The topological polar surface area (TPSA) is 97.5 Å². The Kier molecular flexibility index (Phi) is 5.98. The van der Waals surface area contributed by atoms with Crippen LogP contribution in [-0.2, 0) is 10.2 Å². The van der Waals surface area contributed by atoms with Gasteiger partial charge in [0.05, 0.1) is 12.8 Å². The molecule has 0 aliphatic heterocycles. The molecule has 1 amide bonds. The van der Waals surface area contributed by atoms with Gasteiger partial charge in [0.1, 0.15) is 11.3 Å². The van der Waals surface area contributed by atoms with Crippen LogP contribution < -0.4 is 15.5 Å². The molecule has 0 aliphatic carbocycles. The highest BCUT2D eigenvalue weighted by Crippen LogP contribution is 2.38. The van der Waals surface area contributed by atoms with Crippen LogP contribution in [-0.4, -0.2) is 24.2 Å². The van der Waals surface area contributed by atoms with E-state index in [0.29, 0.717) is 21.1 Å². The van der Waals surface area contributed by atoms with Gasteiger partial charge in [-0.25, -0.2) is 4.79 Å². The molecular formula is C22H21BrN2O5. The summed E-state index contributed by atoms with van der Waals surface area (Å²) in [6, 6.07) is 10.2. The smallest absolute Gasteiger partial charge is 0.437 e. The predicted octanol–water partition coefficient (Wildman–Crippen LogP) is 4.99. The van der Waals surface area contributed by atoms with E-state index in [9.17, 15) is 14.4 Å². The van der Waals surface area contributed by atoms with Gasteiger partial charge in [-0.05, 0) is 39.5 Å². The van der Waals surface area contributed by atoms with Crippen LogP contribution >= 0.6 is 15.9 Å². The summed E-state index contributed by atoms with van der Waals surface area (Å²) in [5, 5.41) is 3.12. The number of anilines is 1. The van der Waals surface area contributed by atoms with Gasteiger partial charge in [0.15, 0.2) is 0 Å². The van der Waals surface area contributed by atoms with E-state index >= 15 is 0 Å². The summed E-state index contributed by atoms with van der Waals surface area (Å²) in [5.41, 5.74) is 0.972. The molecule has 0 fully saturated rings. The quantitative estimate of drug-likeness (QED) is 0.413. The monoisotopic (exact) mass is 472 g/mol. The first-order valence-electron chi connectivity index (χ1n) is 9.13. The van der Waals surface area contributed by atoms with Gasteiger partial charge in [-0.2, -0.15) is 0 Å². The third-order valence-electron chi connectivity index (χ3n) is 4.52. The third-order valence-corrected chi connectivity index (χ3v) is 5.17. The van der Waals surface area contributed by atoms with E-state index < -0.39 is 12.1 Å². The van der Waals surface area contributed by atoms with Crippen molar-refractivity contribution >= 4 is 44.6 Å². The lowest BCUT2D eigenvalue weighted by molar-refractivity contribution is 0.102. The van der Waals surface area contributed by atoms with Gasteiger partial charge in [-0.3, -0.25) is 9.59 Å². The number of benzene rings is 2. The number of ether oxygens (including phenoxy) is 2. The zero-order valence-corrected chi connectivity index (χ0v) is 18.5. The minimum Gasteiger partial charge on any atom is -0.437 e. The van der Waals surface area contributed by atoms with E-state index in [4.69, 9.17) is 4.74 Å². The second kappa shape index (κ2) is 8.31. The molecule has 156 valence electrons. The Hall–Kier alpha value is -3.13. The number of methoxy groups -OCH3 is 1. The highest BCUT2D eigenvalue weighted by molar-refractivity contribution is 9.10. The van der Waals surface area contributed by atoms with Gasteiger partial charge in [0, 0.05) is 33.2 Å². The molecule has 0 saturated heterocycles. The molecule has 2 N–H and O–H groups in total. The summed E-state index contributed by atoms with van der Waals surface area (Å²) in [4.78, 5) is 40.2. The molecule has 3 rings (SSSR count). The first-order valence-corrected chi connectivity index (χ1v) is 9.92. The highest BCUT2D eigenvalue weighted by Gasteiger charge is 2.24. The number of rotatable bonds is 3. The number of para-hydroxylation sites is 1. The summed E-state index contributed by atoms with van der Waals surface area (Å²) in [7, 11) is 1.21. The van der Waals surface area contributed by atoms with Crippen LogP contribution in [0.25, 0.3) is 10.9 Å². The molecule has 0 unspecified atom stereocenters. The maximum atomic E-state index is 12.8. The van der Waals surface area contributed by atoms with Crippen molar-refractivity contribution in [1.29, 1.82) is 0 Å². The van der Waals surface area contributed by atoms with Gasteiger partial charge >= 0.3 is 6.16 Å². The zero-order valence-electron chi connectivity index (χ0n) is 17.0. The van der Waals surface area contributed by atoms with Gasteiger partial charge in [-0.15, -0.1) is 0 Å². The molecule has 0 bridgehead atoms. The Balaban J connectivity index is 2.01. The molecule has 1 heterocycles. The maximum Gasteiger partial charge on any atom is 0.513 e. The number of hydrogen-bond acceptors (Lipinski definition) is 5. The largest absolute Gasteiger partial charge is 0.513 e. The van der Waals surface area contributed by atoms with Crippen molar-refractivity contribution in [3.63, 3.8) is 0 Å². The fourth-order valence-electron chi connectivity index (χ4n) is 2.98. The Bertz CT molecular complexity index is 1190. The molecule has 2 aromatic carbocycles. The summed E-state index contributed by atoms with van der Waals surface area (Å²) >= 11 is 3.44. The van der Waals surface area contributed by atoms with Gasteiger partial charge in [-0.1, -0.05) is 32.9 Å². The van der Waals surface area contributed by atoms with Crippen LogP contribution in [0.3, 0.4) is 0 Å². The molecule has 0 spiro atoms. The number of nitrogens with one attached hydrogen (secondary N) is 2. The Morgan fingerprint density at radius 1 is 1.13 bits per heavy atom. The standard InChI is InChI=1S/C22H21BrN2O5/c1-22(2,3)14-9-15(23)17(10-18(14)30-21(28)29-4)25-20(27)13-11-24-16-8-6-5-7-12(16)19(13)26/h5-11H,1-4H3,(H,24,26)(H,25,27). The normalized spacial score (nSPS) is 11.2. The lowest BCUT2D eigenvalue weighted by atomic mass is 9.86. The van der Waals surface area contributed by atoms with Crippen molar-refractivity contribution in [3.8, 4) is 5.75 Å². The van der Waals surface area contributed by atoms with Crippen molar-refractivity contribution in [3.05, 3.63) is 68.4 Å². The van der Waals surface area contributed by atoms with E-state index in [0.717, 1.165) is 5.56 Å². The molecule has 0 aliphatic rings. The molecule has 0 atom stereocenters. The van der Waals surface area contributed by atoms with Crippen LogP contribution in [0.2, 0.25) is 0 Å². The lowest BCUT2D eigenvalue weighted by Crippen LogP contribution is -2.22. The van der Waals surface area contributed by atoms with Gasteiger partial charge < -0.3 is 19.8 Å². The summed E-state index contributed by atoms with van der Waals surface area (Å²) in [6.45, 7) is 5.89. The van der Waals surface area contributed by atoms with Crippen LogP contribution in [0.1, 0.15) is 36.7 Å². The van der Waals surface area contributed by atoms with Crippen LogP contribution in [0.15, 0.2) is 51.9 Å². The number of carbonyl (C=O) groups is 2. The number of halogens is 1. The minimum atomic E-state index is -0.869. The summed E-state index contributed by atoms with van der Waals surface area (Å²) < 4.78 is 10.5. The van der Waals surface area contributed by atoms with E-state index in [2.05, 4.69) is 31.0 Å². The molecule has 1 aromatic heterocycles. The van der Waals surface area contributed by atoms with E-state index in [-0.39, 0.29) is 22.2 Å². The number of fused-ring (bicyclic) bond motifs is 1. The fourth-order valence-corrected chi connectivity index (χ4v) is 3.42. The molecule has 0 saturated carbocycles.